The Balaban J connectivity index is 3.08. The van der Waals surface area contributed by atoms with Crippen LogP contribution in [0.2, 0.25) is 0 Å². The van der Waals surface area contributed by atoms with E-state index in [1.165, 1.54) is 7.11 Å². The second-order valence-electron chi connectivity index (χ2n) is 3.81. The molecule has 0 heterocycles. The van der Waals surface area contributed by atoms with Crippen molar-refractivity contribution >= 4 is 23.2 Å². The van der Waals surface area contributed by atoms with Crippen LogP contribution in [0, 0.1) is 5.92 Å². The smallest absolute Gasteiger partial charge is 0.259 e. The van der Waals surface area contributed by atoms with Gasteiger partial charge < -0.3 is 15.2 Å². The molecule has 4 nitrogen and oxygen atoms in total. The zero-order chi connectivity index (χ0) is 13.0. The molecule has 17 heavy (non-hydrogen) atoms. The van der Waals surface area contributed by atoms with Crippen molar-refractivity contribution in [2.45, 2.75) is 13.8 Å². The zero-order valence-electron chi connectivity index (χ0n) is 10.0. The monoisotopic (exact) mass is 253 g/mol. The van der Waals surface area contributed by atoms with Gasteiger partial charge in [-0.1, -0.05) is 13.8 Å². The highest BCUT2D eigenvalue weighted by atomic mass is 32.1. The highest BCUT2D eigenvalue weighted by molar-refractivity contribution is 7.80. The maximum absolute atomic E-state index is 11.8. The van der Waals surface area contributed by atoms with E-state index in [-0.39, 0.29) is 16.9 Å². The standard InChI is InChI=1S/C12H15NO3S/c1-7(2)11(14)8-4-5-9(16-12(13)17)10(6-8)15-3/h4-7H,1-3H3,(H2,13,17). The van der Waals surface area contributed by atoms with Crippen molar-refractivity contribution in [3.8, 4) is 11.5 Å². The van der Waals surface area contributed by atoms with Crippen LogP contribution in [0.4, 0.5) is 0 Å². The molecule has 1 aromatic carbocycles. The molecular formula is C12H15NO3S. The number of thiocarbonyl (C=S) groups is 1. The Kier molecular flexibility index (Phi) is 4.45. The lowest BCUT2D eigenvalue weighted by atomic mass is 10.0. The van der Waals surface area contributed by atoms with Gasteiger partial charge >= 0.3 is 0 Å². The lowest BCUT2D eigenvalue weighted by molar-refractivity contribution is 0.0939. The molecule has 5 heteroatoms. The second kappa shape index (κ2) is 5.63. The highest BCUT2D eigenvalue weighted by Gasteiger charge is 2.14. The van der Waals surface area contributed by atoms with E-state index in [2.05, 4.69) is 12.2 Å². The first-order valence-corrected chi connectivity index (χ1v) is 5.56. The molecule has 2 N–H and O–H groups in total. The van der Waals surface area contributed by atoms with E-state index < -0.39 is 0 Å². The van der Waals surface area contributed by atoms with Crippen LogP contribution in [-0.4, -0.2) is 18.1 Å². The molecule has 0 aromatic heterocycles. The Labute approximate surface area is 106 Å². The number of ketones is 1. The van der Waals surface area contributed by atoms with E-state index in [0.717, 1.165) is 0 Å². The predicted molar refractivity (Wildman–Crippen MR) is 69.6 cm³/mol. The van der Waals surface area contributed by atoms with Gasteiger partial charge in [-0.25, -0.2) is 0 Å². The normalized spacial score (nSPS) is 10.1. The first-order chi connectivity index (χ1) is 7.95. The van der Waals surface area contributed by atoms with E-state index in [1.54, 1.807) is 18.2 Å². The summed E-state index contributed by atoms with van der Waals surface area (Å²) >= 11 is 4.64. The number of rotatable bonds is 4. The van der Waals surface area contributed by atoms with E-state index in [0.29, 0.717) is 17.1 Å². The summed E-state index contributed by atoms with van der Waals surface area (Å²) in [4.78, 5) is 11.8. The Morgan fingerprint density at radius 1 is 1.35 bits per heavy atom. The molecule has 1 aromatic rings. The summed E-state index contributed by atoms with van der Waals surface area (Å²) in [6, 6.07) is 4.90. The van der Waals surface area contributed by atoms with Crippen molar-refractivity contribution in [1.29, 1.82) is 0 Å². The van der Waals surface area contributed by atoms with Crippen LogP contribution < -0.4 is 15.2 Å². The number of hydrogen-bond donors (Lipinski definition) is 1. The van der Waals surface area contributed by atoms with Crippen LogP contribution in [0.15, 0.2) is 18.2 Å². The third-order valence-electron chi connectivity index (χ3n) is 2.18. The minimum atomic E-state index is -0.0914. The molecule has 0 aliphatic rings. The molecule has 1 rings (SSSR count). The van der Waals surface area contributed by atoms with E-state index in [4.69, 9.17) is 15.2 Å². The van der Waals surface area contributed by atoms with Crippen molar-refractivity contribution < 1.29 is 14.3 Å². The maximum atomic E-state index is 11.8. The molecule has 0 atom stereocenters. The van der Waals surface area contributed by atoms with Gasteiger partial charge in [-0.2, -0.15) is 0 Å². The number of nitrogens with two attached hydrogens (primary N) is 1. The molecule has 92 valence electrons. The van der Waals surface area contributed by atoms with Gasteiger partial charge in [-0.05, 0) is 30.4 Å². The van der Waals surface area contributed by atoms with Crippen molar-refractivity contribution in [2.75, 3.05) is 7.11 Å². The lowest BCUT2D eigenvalue weighted by Crippen LogP contribution is -2.16. The Bertz CT molecular complexity index is 443. The van der Waals surface area contributed by atoms with Crippen molar-refractivity contribution in [3.05, 3.63) is 23.8 Å². The summed E-state index contributed by atoms with van der Waals surface area (Å²) in [5.74, 6) is 0.817. The van der Waals surface area contributed by atoms with Crippen molar-refractivity contribution in [1.82, 2.24) is 0 Å². The lowest BCUT2D eigenvalue weighted by Gasteiger charge is -2.11. The average Bonchev–Trinajstić information content (AvgIpc) is 2.27. The van der Waals surface area contributed by atoms with E-state index >= 15 is 0 Å². The molecule has 0 radical (unpaired) electrons. The molecule has 0 aliphatic heterocycles. The van der Waals surface area contributed by atoms with Gasteiger partial charge in [0, 0.05) is 11.5 Å². The third kappa shape index (κ3) is 3.42. The Morgan fingerprint density at radius 2 is 2.00 bits per heavy atom. The molecule has 0 saturated heterocycles. The van der Waals surface area contributed by atoms with Crippen LogP contribution >= 0.6 is 12.2 Å². The first kappa shape index (κ1) is 13.4. The molecule has 0 unspecified atom stereocenters. The number of ether oxygens (including phenoxy) is 2. The molecular weight excluding hydrogens is 238 g/mol. The predicted octanol–water partition coefficient (Wildman–Crippen LogP) is 2.16. The fourth-order valence-corrected chi connectivity index (χ4v) is 1.44. The average molecular weight is 253 g/mol. The summed E-state index contributed by atoms with van der Waals surface area (Å²) < 4.78 is 10.2. The Hall–Kier alpha value is -1.62. The van der Waals surface area contributed by atoms with Crippen LogP contribution in [-0.2, 0) is 0 Å². The summed E-state index contributed by atoms with van der Waals surface area (Å²) in [6.07, 6.45) is 0. The number of carbonyl (C=O) groups is 1. The van der Waals surface area contributed by atoms with Gasteiger partial charge in [0.2, 0.25) is 0 Å². The number of carbonyl (C=O) groups excluding carboxylic acids is 1. The van der Waals surface area contributed by atoms with E-state index in [9.17, 15) is 4.79 Å². The van der Waals surface area contributed by atoms with Gasteiger partial charge in [0.25, 0.3) is 5.17 Å². The first-order valence-electron chi connectivity index (χ1n) is 5.15. The van der Waals surface area contributed by atoms with Crippen molar-refractivity contribution in [3.63, 3.8) is 0 Å². The molecule has 0 bridgehead atoms. The largest absolute Gasteiger partial charge is 0.493 e. The minimum absolute atomic E-state index is 0.0465. The van der Waals surface area contributed by atoms with Crippen molar-refractivity contribution in [2.24, 2.45) is 11.7 Å². The van der Waals surface area contributed by atoms with Crippen LogP contribution in [0.3, 0.4) is 0 Å². The fraction of sp³-hybridized carbons (Fsp3) is 0.333. The summed E-state index contributed by atoms with van der Waals surface area (Å²) in [7, 11) is 1.49. The number of hydrogen-bond acceptors (Lipinski definition) is 4. The highest BCUT2D eigenvalue weighted by Crippen LogP contribution is 2.28. The van der Waals surface area contributed by atoms with Crippen LogP contribution in [0.5, 0.6) is 11.5 Å². The quantitative estimate of drug-likeness (QED) is 0.658. The van der Waals surface area contributed by atoms with Gasteiger partial charge in [-0.3, -0.25) is 4.79 Å². The third-order valence-corrected chi connectivity index (χ3v) is 2.27. The Morgan fingerprint density at radius 3 is 2.47 bits per heavy atom. The summed E-state index contributed by atoms with van der Waals surface area (Å²) in [6.45, 7) is 3.68. The molecule has 0 aliphatic carbocycles. The minimum Gasteiger partial charge on any atom is -0.493 e. The molecule has 0 fully saturated rings. The summed E-state index contributed by atoms with van der Waals surface area (Å²) in [5.41, 5.74) is 5.86. The van der Waals surface area contributed by atoms with Gasteiger partial charge in [0.1, 0.15) is 0 Å². The van der Waals surface area contributed by atoms with Gasteiger partial charge in [0.05, 0.1) is 7.11 Å². The molecule has 0 amide bonds. The summed E-state index contributed by atoms with van der Waals surface area (Å²) in [5, 5.41) is -0.0914. The SMILES string of the molecule is COc1cc(C(=O)C(C)C)ccc1OC(N)=S. The van der Waals surface area contributed by atoms with Crippen LogP contribution in [0.25, 0.3) is 0 Å². The maximum Gasteiger partial charge on any atom is 0.259 e. The number of benzene rings is 1. The van der Waals surface area contributed by atoms with Crippen LogP contribution in [0.1, 0.15) is 24.2 Å². The molecule has 0 spiro atoms. The topological polar surface area (TPSA) is 61.5 Å². The molecule has 0 saturated carbocycles. The zero-order valence-corrected chi connectivity index (χ0v) is 10.8. The van der Waals surface area contributed by atoms with Gasteiger partial charge in [0.15, 0.2) is 17.3 Å². The number of methoxy groups -OCH3 is 1. The van der Waals surface area contributed by atoms with E-state index in [1.807, 2.05) is 13.8 Å². The fourth-order valence-electron chi connectivity index (χ4n) is 1.35. The number of Topliss-reactive ketones (excluding diaryl/α,β-unsaturated/α-hetero) is 1. The van der Waals surface area contributed by atoms with Gasteiger partial charge in [-0.15, -0.1) is 0 Å². The second-order valence-corrected chi connectivity index (χ2v) is 4.21.